The van der Waals surface area contributed by atoms with Gasteiger partial charge in [0.15, 0.2) is 0 Å². The molecule has 0 bridgehead atoms. The van der Waals surface area contributed by atoms with E-state index < -0.39 is 5.97 Å². The second-order valence-corrected chi connectivity index (χ2v) is 5.06. The summed E-state index contributed by atoms with van der Waals surface area (Å²) in [5, 5.41) is 0. The number of esters is 1. The quantitative estimate of drug-likeness (QED) is 0.611. The molecule has 0 saturated carbocycles. The van der Waals surface area contributed by atoms with E-state index in [1.54, 1.807) is 29.2 Å². The van der Waals surface area contributed by atoms with Crippen LogP contribution >= 0.6 is 0 Å². The summed E-state index contributed by atoms with van der Waals surface area (Å²) in [5.74, 6) is -0.269. The van der Waals surface area contributed by atoms with Crippen LogP contribution in [0.2, 0.25) is 0 Å². The van der Waals surface area contributed by atoms with E-state index >= 15 is 0 Å². The zero-order chi connectivity index (χ0) is 14.7. The van der Waals surface area contributed by atoms with Crippen molar-refractivity contribution in [1.29, 1.82) is 0 Å². The highest BCUT2D eigenvalue weighted by atomic mass is 16.5. The van der Waals surface area contributed by atoms with Gasteiger partial charge in [0.2, 0.25) is 0 Å². The van der Waals surface area contributed by atoms with E-state index in [-0.39, 0.29) is 18.1 Å². The molecule has 2 rings (SSSR count). The van der Waals surface area contributed by atoms with E-state index in [0.717, 1.165) is 0 Å². The van der Waals surface area contributed by atoms with E-state index in [9.17, 15) is 9.59 Å². The van der Waals surface area contributed by atoms with Gasteiger partial charge in [0.1, 0.15) is 5.75 Å². The molecule has 0 aromatic heterocycles. The van der Waals surface area contributed by atoms with Gasteiger partial charge >= 0.3 is 5.97 Å². The van der Waals surface area contributed by atoms with Crippen molar-refractivity contribution in [3.8, 4) is 5.75 Å². The van der Waals surface area contributed by atoms with Crippen LogP contribution in [0.3, 0.4) is 0 Å². The van der Waals surface area contributed by atoms with Gasteiger partial charge in [-0.3, -0.25) is 9.59 Å². The molecule has 20 heavy (non-hydrogen) atoms. The average molecular weight is 277 g/mol. The molecule has 1 aromatic rings. The topological polar surface area (TPSA) is 55.8 Å². The Kier molecular flexibility index (Phi) is 4.39. The number of hydrogen-bond acceptors (Lipinski definition) is 4. The van der Waals surface area contributed by atoms with Crippen molar-refractivity contribution in [1.82, 2.24) is 4.90 Å². The van der Waals surface area contributed by atoms with Gasteiger partial charge in [-0.2, -0.15) is 0 Å². The molecular weight excluding hydrogens is 258 g/mol. The Balaban J connectivity index is 2.22. The molecule has 1 aromatic carbocycles. The SMILES string of the molecule is CC(=O)Oc1ccccc1C(=O)N1C[C@@H](C)O[C@@H](C)C1. The zero-order valence-electron chi connectivity index (χ0n) is 12.0. The van der Waals surface area contributed by atoms with Gasteiger partial charge in [0.05, 0.1) is 17.8 Å². The molecule has 1 aliphatic heterocycles. The van der Waals surface area contributed by atoms with Crippen molar-refractivity contribution in [3.63, 3.8) is 0 Å². The van der Waals surface area contributed by atoms with Gasteiger partial charge in [-0.05, 0) is 26.0 Å². The summed E-state index contributed by atoms with van der Waals surface area (Å²) in [5.41, 5.74) is 0.406. The van der Waals surface area contributed by atoms with Crippen molar-refractivity contribution < 1.29 is 19.1 Å². The Labute approximate surface area is 118 Å². The minimum atomic E-state index is -0.436. The summed E-state index contributed by atoms with van der Waals surface area (Å²) in [6.45, 7) is 6.27. The van der Waals surface area contributed by atoms with Crippen molar-refractivity contribution in [2.45, 2.75) is 33.0 Å². The third-order valence-electron chi connectivity index (χ3n) is 3.08. The monoisotopic (exact) mass is 277 g/mol. The molecule has 1 heterocycles. The molecule has 5 nitrogen and oxygen atoms in total. The third-order valence-corrected chi connectivity index (χ3v) is 3.08. The molecular formula is C15H19NO4. The van der Waals surface area contributed by atoms with Crippen LogP contribution in [0.25, 0.3) is 0 Å². The number of morpholine rings is 1. The van der Waals surface area contributed by atoms with Crippen LogP contribution in [-0.2, 0) is 9.53 Å². The molecule has 0 radical (unpaired) electrons. The van der Waals surface area contributed by atoms with Crippen LogP contribution in [0.5, 0.6) is 5.75 Å². The standard InChI is InChI=1S/C15H19NO4/c1-10-8-16(9-11(2)19-10)15(18)13-6-4-5-7-14(13)20-12(3)17/h4-7,10-11H,8-9H2,1-3H3/t10-,11+. The number of nitrogens with zero attached hydrogens (tertiary/aromatic N) is 1. The molecule has 1 amide bonds. The second-order valence-electron chi connectivity index (χ2n) is 5.06. The Morgan fingerprint density at radius 1 is 1.20 bits per heavy atom. The first kappa shape index (κ1) is 14.5. The second kappa shape index (κ2) is 6.05. The predicted octanol–water partition coefficient (Wildman–Crippen LogP) is 1.86. The first-order valence-corrected chi connectivity index (χ1v) is 6.69. The first-order chi connectivity index (χ1) is 9.47. The van der Waals surface area contributed by atoms with Crippen LogP contribution < -0.4 is 4.74 Å². The lowest BCUT2D eigenvalue weighted by atomic mass is 10.1. The number of amides is 1. The molecule has 0 unspecified atom stereocenters. The highest BCUT2D eigenvalue weighted by Crippen LogP contribution is 2.22. The molecule has 5 heteroatoms. The number of hydrogen-bond donors (Lipinski definition) is 0. The van der Waals surface area contributed by atoms with Crippen molar-refractivity contribution in [3.05, 3.63) is 29.8 Å². The van der Waals surface area contributed by atoms with Gasteiger partial charge < -0.3 is 14.4 Å². The molecule has 1 saturated heterocycles. The van der Waals surface area contributed by atoms with Crippen LogP contribution in [0, 0.1) is 0 Å². The summed E-state index contributed by atoms with van der Waals surface area (Å²) in [6, 6.07) is 6.79. The minimum Gasteiger partial charge on any atom is -0.426 e. The van der Waals surface area contributed by atoms with E-state index in [1.165, 1.54) is 6.92 Å². The summed E-state index contributed by atoms with van der Waals surface area (Å²) in [4.78, 5) is 25.4. The third kappa shape index (κ3) is 3.36. The first-order valence-electron chi connectivity index (χ1n) is 6.69. The molecule has 0 N–H and O–H groups in total. The Hall–Kier alpha value is -1.88. The number of carbonyl (C=O) groups excluding carboxylic acids is 2. The molecule has 2 atom stereocenters. The lowest BCUT2D eigenvalue weighted by Gasteiger charge is -2.35. The van der Waals surface area contributed by atoms with E-state index in [0.29, 0.717) is 24.4 Å². The van der Waals surface area contributed by atoms with Crippen LogP contribution in [0.15, 0.2) is 24.3 Å². The zero-order valence-corrected chi connectivity index (χ0v) is 12.0. The van der Waals surface area contributed by atoms with Gasteiger partial charge in [-0.1, -0.05) is 12.1 Å². The lowest BCUT2D eigenvalue weighted by molar-refractivity contribution is -0.131. The highest BCUT2D eigenvalue weighted by Gasteiger charge is 2.28. The summed E-state index contributed by atoms with van der Waals surface area (Å²) in [7, 11) is 0. The molecule has 1 aliphatic rings. The molecule has 0 aliphatic carbocycles. The molecule has 0 spiro atoms. The summed E-state index contributed by atoms with van der Waals surface area (Å²) in [6.07, 6.45) is 0.00664. The predicted molar refractivity (Wildman–Crippen MR) is 73.7 cm³/mol. The minimum absolute atomic E-state index is 0.00332. The number of para-hydroxylation sites is 1. The fraction of sp³-hybridized carbons (Fsp3) is 0.467. The van der Waals surface area contributed by atoms with E-state index in [4.69, 9.17) is 9.47 Å². The largest absolute Gasteiger partial charge is 0.426 e. The average Bonchev–Trinajstić information content (AvgIpc) is 2.36. The number of ether oxygens (including phenoxy) is 2. The number of carbonyl (C=O) groups is 2. The van der Waals surface area contributed by atoms with Crippen LogP contribution in [0.4, 0.5) is 0 Å². The Morgan fingerprint density at radius 3 is 2.40 bits per heavy atom. The molecule has 1 fully saturated rings. The van der Waals surface area contributed by atoms with Crippen molar-refractivity contribution in [2.24, 2.45) is 0 Å². The fourth-order valence-electron chi connectivity index (χ4n) is 2.40. The van der Waals surface area contributed by atoms with Crippen molar-refractivity contribution in [2.75, 3.05) is 13.1 Å². The number of rotatable bonds is 2. The van der Waals surface area contributed by atoms with Gasteiger partial charge in [-0.25, -0.2) is 0 Å². The Bertz CT molecular complexity index is 504. The highest BCUT2D eigenvalue weighted by molar-refractivity contribution is 5.97. The maximum absolute atomic E-state index is 12.6. The molecule has 108 valence electrons. The van der Waals surface area contributed by atoms with Gasteiger partial charge in [-0.15, -0.1) is 0 Å². The van der Waals surface area contributed by atoms with Crippen LogP contribution in [0.1, 0.15) is 31.1 Å². The summed E-state index contributed by atoms with van der Waals surface area (Å²) >= 11 is 0. The van der Waals surface area contributed by atoms with E-state index in [2.05, 4.69) is 0 Å². The Morgan fingerprint density at radius 2 is 1.80 bits per heavy atom. The fourth-order valence-corrected chi connectivity index (χ4v) is 2.40. The van der Waals surface area contributed by atoms with Gasteiger partial charge in [0.25, 0.3) is 5.91 Å². The van der Waals surface area contributed by atoms with Crippen molar-refractivity contribution >= 4 is 11.9 Å². The smallest absolute Gasteiger partial charge is 0.308 e. The van der Waals surface area contributed by atoms with Gasteiger partial charge in [0, 0.05) is 20.0 Å². The summed E-state index contributed by atoms with van der Waals surface area (Å²) < 4.78 is 10.7. The van der Waals surface area contributed by atoms with E-state index in [1.807, 2.05) is 13.8 Å². The van der Waals surface area contributed by atoms with Crippen LogP contribution in [-0.4, -0.2) is 42.1 Å². The lowest BCUT2D eigenvalue weighted by Crippen LogP contribution is -2.48. The maximum atomic E-state index is 12.6. The number of benzene rings is 1. The normalized spacial score (nSPS) is 22.4. The maximum Gasteiger partial charge on any atom is 0.308 e.